The molecule has 0 bridgehead atoms. The lowest BCUT2D eigenvalue weighted by Crippen LogP contribution is -2.32. The Labute approximate surface area is 140 Å². The lowest BCUT2D eigenvalue weighted by atomic mass is 10.2. The minimum absolute atomic E-state index is 0.0573. The summed E-state index contributed by atoms with van der Waals surface area (Å²) in [6.45, 7) is 5.73. The van der Waals surface area contributed by atoms with Gasteiger partial charge in [0, 0.05) is 17.0 Å². The first-order chi connectivity index (χ1) is 11.1. The summed E-state index contributed by atoms with van der Waals surface area (Å²) in [6, 6.07) is 8.24. The lowest BCUT2D eigenvalue weighted by molar-refractivity contribution is -0.130. The van der Waals surface area contributed by atoms with Gasteiger partial charge in [0.05, 0.1) is 36.8 Å². The van der Waals surface area contributed by atoms with Crippen LogP contribution in [0.1, 0.15) is 23.7 Å². The van der Waals surface area contributed by atoms with Crippen molar-refractivity contribution >= 4 is 17.7 Å². The first kappa shape index (κ1) is 16.1. The molecule has 0 fully saturated rings. The summed E-state index contributed by atoms with van der Waals surface area (Å²) in [4.78, 5) is 15.7. The van der Waals surface area contributed by atoms with Gasteiger partial charge in [-0.2, -0.15) is 5.10 Å². The SMILES string of the molecule is Cc1ccc(S[C@H](C)C(=O)N2Cc3cnn(CCO)c3C2)cc1. The van der Waals surface area contributed by atoms with Gasteiger partial charge in [-0.3, -0.25) is 9.48 Å². The molecule has 122 valence electrons. The molecule has 1 aliphatic rings. The summed E-state index contributed by atoms with van der Waals surface area (Å²) in [5.74, 6) is 0.141. The monoisotopic (exact) mass is 331 g/mol. The molecule has 3 rings (SSSR count). The third kappa shape index (κ3) is 3.43. The number of hydrogen-bond acceptors (Lipinski definition) is 4. The Morgan fingerprint density at radius 3 is 2.78 bits per heavy atom. The minimum atomic E-state index is -0.124. The van der Waals surface area contributed by atoms with Crippen LogP contribution in [-0.4, -0.2) is 37.6 Å². The van der Waals surface area contributed by atoms with E-state index in [9.17, 15) is 4.79 Å². The largest absolute Gasteiger partial charge is 0.394 e. The molecule has 23 heavy (non-hydrogen) atoms. The van der Waals surface area contributed by atoms with Crippen molar-refractivity contribution in [2.45, 2.75) is 43.6 Å². The standard InChI is InChI=1S/C17H21N3O2S/c1-12-3-5-15(6-4-12)23-13(2)17(22)19-10-14-9-18-20(7-8-21)16(14)11-19/h3-6,9,13,21H,7-8,10-11H2,1-2H3/t13-/m1/s1. The zero-order valence-electron chi connectivity index (χ0n) is 13.4. The average molecular weight is 331 g/mol. The number of aromatic nitrogens is 2. The third-order valence-corrected chi connectivity index (χ3v) is 5.14. The number of aryl methyl sites for hydroxylation is 1. The second-order valence-corrected chi connectivity index (χ2v) is 7.24. The molecule has 1 aliphatic heterocycles. The normalized spacial score (nSPS) is 14.8. The van der Waals surface area contributed by atoms with Crippen LogP contribution in [0.3, 0.4) is 0 Å². The molecule has 0 saturated heterocycles. The topological polar surface area (TPSA) is 58.4 Å². The van der Waals surface area contributed by atoms with Crippen LogP contribution in [0, 0.1) is 6.92 Å². The highest BCUT2D eigenvalue weighted by molar-refractivity contribution is 8.00. The maximum atomic E-state index is 12.7. The Balaban J connectivity index is 1.63. The molecule has 1 N–H and O–H groups in total. The first-order valence-corrected chi connectivity index (χ1v) is 8.63. The number of carbonyl (C=O) groups is 1. The van der Waals surface area contributed by atoms with E-state index in [2.05, 4.69) is 36.3 Å². The van der Waals surface area contributed by atoms with Crippen molar-refractivity contribution in [1.29, 1.82) is 0 Å². The van der Waals surface area contributed by atoms with Gasteiger partial charge in [0.2, 0.25) is 5.91 Å². The van der Waals surface area contributed by atoms with Crippen LogP contribution in [0.25, 0.3) is 0 Å². The Hall–Kier alpha value is -1.79. The highest BCUT2D eigenvalue weighted by Gasteiger charge is 2.30. The summed E-state index contributed by atoms with van der Waals surface area (Å²) < 4.78 is 1.79. The van der Waals surface area contributed by atoms with Crippen LogP contribution < -0.4 is 0 Å². The van der Waals surface area contributed by atoms with Crippen LogP contribution in [0.2, 0.25) is 0 Å². The molecule has 1 amide bonds. The molecule has 2 aromatic rings. The summed E-state index contributed by atoms with van der Waals surface area (Å²) >= 11 is 1.59. The van der Waals surface area contributed by atoms with Gasteiger partial charge in [-0.15, -0.1) is 11.8 Å². The molecule has 6 heteroatoms. The number of fused-ring (bicyclic) bond motifs is 1. The smallest absolute Gasteiger partial charge is 0.236 e. The van der Waals surface area contributed by atoms with Crippen molar-refractivity contribution in [1.82, 2.24) is 14.7 Å². The molecule has 1 aromatic heterocycles. The minimum Gasteiger partial charge on any atom is -0.394 e. The summed E-state index contributed by atoms with van der Waals surface area (Å²) in [5, 5.41) is 13.2. The Kier molecular flexibility index (Phi) is 4.73. The van der Waals surface area contributed by atoms with E-state index in [4.69, 9.17) is 5.11 Å². The van der Waals surface area contributed by atoms with Crippen molar-refractivity contribution in [3.8, 4) is 0 Å². The van der Waals surface area contributed by atoms with Crippen LogP contribution in [0.15, 0.2) is 35.4 Å². The number of benzene rings is 1. The van der Waals surface area contributed by atoms with Crippen molar-refractivity contribution < 1.29 is 9.90 Å². The molecule has 0 spiro atoms. The van der Waals surface area contributed by atoms with E-state index in [0.717, 1.165) is 16.2 Å². The average Bonchev–Trinajstić information content (AvgIpc) is 3.11. The van der Waals surface area contributed by atoms with Crippen LogP contribution in [0.4, 0.5) is 0 Å². The van der Waals surface area contributed by atoms with E-state index >= 15 is 0 Å². The Morgan fingerprint density at radius 1 is 1.35 bits per heavy atom. The maximum Gasteiger partial charge on any atom is 0.236 e. The zero-order valence-corrected chi connectivity index (χ0v) is 14.2. The lowest BCUT2D eigenvalue weighted by Gasteiger charge is -2.20. The van der Waals surface area contributed by atoms with Crippen molar-refractivity contribution in [2.24, 2.45) is 0 Å². The number of carbonyl (C=O) groups excluding carboxylic acids is 1. The Bertz CT molecular complexity index is 696. The molecule has 1 atom stereocenters. The maximum absolute atomic E-state index is 12.7. The van der Waals surface area contributed by atoms with Gasteiger partial charge in [-0.25, -0.2) is 0 Å². The molecule has 1 aromatic carbocycles. The van der Waals surface area contributed by atoms with E-state index in [0.29, 0.717) is 19.6 Å². The van der Waals surface area contributed by atoms with E-state index < -0.39 is 0 Å². The van der Waals surface area contributed by atoms with Crippen LogP contribution in [0.5, 0.6) is 0 Å². The highest BCUT2D eigenvalue weighted by atomic mass is 32.2. The van der Waals surface area contributed by atoms with Gasteiger partial charge in [-0.05, 0) is 26.0 Å². The number of aliphatic hydroxyl groups excluding tert-OH is 1. The molecule has 0 radical (unpaired) electrons. The quantitative estimate of drug-likeness (QED) is 0.854. The molecular weight excluding hydrogens is 310 g/mol. The number of nitrogens with zero attached hydrogens (tertiary/aromatic N) is 3. The van der Waals surface area contributed by atoms with Crippen LogP contribution >= 0.6 is 11.8 Å². The van der Waals surface area contributed by atoms with Crippen LogP contribution in [-0.2, 0) is 24.4 Å². The molecule has 0 unspecified atom stereocenters. The molecule has 0 aliphatic carbocycles. The molecule has 5 nitrogen and oxygen atoms in total. The number of amides is 1. The fourth-order valence-corrected chi connectivity index (χ4v) is 3.73. The van der Waals surface area contributed by atoms with Crippen molar-refractivity contribution in [2.75, 3.05) is 6.61 Å². The summed E-state index contributed by atoms with van der Waals surface area (Å²) in [7, 11) is 0. The van der Waals surface area contributed by atoms with E-state index in [1.54, 1.807) is 22.6 Å². The number of hydrogen-bond donors (Lipinski definition) is 1. The van der Waals surface area contributed by atoms with Gasteiger partial charge in [-0.1, -0.05) is 17.7 Å². The predicted octanol–water partition coefficient (Wildman–Crippen LogP) is 2.21. The number of aliphatic hydroxyl groups is 1. The second-order valence-electron chi connectivity index (χ2n) is 5.83. The zero-order chi connectivity index (χ0) is 16.4. The highest BCUT2D eigenvalue weighted by Crippen LogP contribution is 2.28. The van der Waals surface area contributed by atoms with E-state index in [1.165, 1.54) is 5.56 Å². The van der Waals surface area contributed by atoms with E-state index in [1.807, 2.05) is 11.8 Å². The van der Waals surface area contributed by atoms with Gasteiger partial charge < -0.3 is 10.0 Å². The summed E-state index contributed by atoms with van der Waals surface area (Å²) in [5.41, 5.74) is 3.34. The summed E-state index contributed by atoms with van der Waals surface area (Å²) in [6.07, 6.45) is 1.80. The first-order valence-electron chi connectivity index (χ1n) is 7.75. The number of rotatable bonds is 5. The third-order valence-electron chi connectivity index (χ3n) is 4.04. The van der Waals surface area contributed by atoms with Gasteiger partial charge in [0.25, 0.3) is 0 Å². The van der Waals surface area contributed by atoms with Crippen molar-refractivity contribution in [3.63, 3.8) is 0 Å². The predicted molar refractivity (Wildman–Crippen MR) is 90.1 cm³/mol. The molecular formula is C17H21N3O2S. The molecule has 0 saturated carbocycles. The number of thioether (sulfide) groups is 1. The van der Waals surface area contributed by atoms with Gasteiger partial charge >= 0.3 is 0 Å². The Morgan fingerprint density at radius 2 is 2.09 bits per heavy atom. The van der Waals surface area contributed by atoms with E-state index in [-0.39, 0.29) is 17.8 Å². The second kappa shape index (κ2) is 6.76. The van der Waals surface area contributed by atoms with Gasteiger partial charge in [0.15, 0.2) is 0 Å². The van der Waals surface area contributed by atoms with Gasteiger partial charge in [0.1, 0.15) is 0 Å². The molecule has 2 heterocycles. The van der Waals surface area contributed by atoms with Crippen molar-refractivity contribution in [3.05, 3.63) is 47.3 Å². The fraction of sp³-hybridized carbons (Fsp3) is 0.412. The fourth-order valence-electron chi connectivity index (χ4n) is 2.78.